The molecule has 1 aromatic heterocycles. The van der Waals surface area contributed by atoms with Crippen LogP contribution in [0.4, 0.5) is 11.4 Å². The Labute approximate surface area is 161 Å². The summed E-state index contributed by atoms with van der Waals surface area (Å²) in [7, 11) is 0. The van der Waals surface area contributed by atoms with E-state index in [1.54, 1.807) is 29.2 Å². The van der Waals surface area contributed by atoms with Crippen LogP contribution in [0.2, 0.25) is 4.34 Å². The summed E-state index contributed by atoms with van der Waals surface area (Å²) in [5.41, 5.74) is 1.27. The minimum Gasteiger partial charge on any atom is -0.334 e. The average molecular weight is 394 g/mol. The highest BCUT2D eigenvalue weighted by atomic mass is 35.5. The molecule has 0 bridgehead atoms. The summed E-state index contributed by atoms with van der Waals surface area (Å²) in [4.78, 5) is 38.3. The van der Waals surface area contributed by atoms with Gasteiger partial charge in [0.25, 0.3) is 5.91 Å². The van der Waals surface area contributed by atoms with Gasteiger partial charge in [-0.2, -0.15) is 0 Å². The lowest BCUT2D eigenvalue weighted by Gasteiger charge is -2.21. The summed E-state index contributed by atoms with van der Waals surface area (Å²) in [5, 5.41) is 5.29. The summed E-state index contributed by atoms with van der Waals surface area (Å²) in [6.07, 6.45) is 0. The van der Waals surface area contributed by atoms with Gasteiger partial charge in [-0.15, -0.1) is 11.3 Å². The number of carbonyl (C=O) groups excluding carboxylic acids is 3. The van der Waals surface area contributed by atoms with Gasteiger partial charge in [0.1, 0.15) is 0 Å². The summed E-state index contributed by atoms with van der Waals surface area (Å²) >= 11 is 7.38. The minimum atomic E-state index is -0.260. The molecule has 0 aliphatic rings. The van der Waals surface area contributed by atoms with Crippen LogP contribution < -0.4 is 10.6 Å². The van der Waals surface area contributed by atoms with Crippen LogP contribution in [0.15, 0.2) is 30.3 Å². The van der Waals surface area contributed by atoms with Gasteiger partial charge in [0.2, 0.25) is 11.8 Å². The third-order valence-electron chi connectivity index (χ3n) is 3.47. The number of amides is 3. The molecule has 2 N–H and O–H groups in total. The minimum absolute atomic E-state index is 0.198. The molecule has 0 radical (unpaired) electrons. The number of carbonyl (C=O) groups is 3. The second kappa shape index (κ2) is 8.82. The molecule has 138 valence electrons. The van der Waals surface area contributed by atoms with Crippen LogP contribution in [0.3, 0.4) is 0 Å². The number of nitrogens with zero attached hydrogens (tertiary/aromatic N) is 1. The lowest BCUT2D eigenvalue weighted by atomic mass is 10.1. The van der Waals surface area contributed by atoms with Crippen molar-refractivity contribution >= 4 is 52.0 Å². The van der Waals surface area contributed by atoms with E-state index < -0.39 is 0 Å². The van der Waals surface area contributed by atoms with E-state index >= 15 is 0 Å². The van der Waals surface area contributed by atoms with Crippen molar-refractivity contribution in [2.75, 3.05) is 17.2 Å². The monoisotopic (exact) mass is 393 g/mol. The molecule has 0 spiro atoms. The van der Waals surface area contributed by atoms with Gasteiger partial charge in [0.15, 0.2) is 0 Å². The highest BCUT2D eigenvalue weighted by molar-refractivity contribution is 7.16. The molecule has 0 saturated carbocycles. The van der Waals surface area contributed by atoms with E-state index in [9.17, 15) is 14.4 Å². The van der Waals surface area contributed by atoms with E-state index in [1.165, 1.54) is 25.2 Å². The van der Waals surface area contributed by atoms with Crippen molar-refractivity contribution in [3.05, 3.63) is 45.1 Å². The number of hydrogen-bond donors (Lipinski definition) is 2. The zero-order valence-corrected chi connectivity index (χ0v) is 16.3. The van der Waals surface area contributed by atoms with Gasteiger partial charge in [-0.05, 0) is 37.3 Å². The lowest BCUT2D eigenvalue weighted by molar-refractivity contribution is -0.115. The number of thiophene rings is 1. The Morgan fingerprint density at radius 2 is 1.62 bits per heavy atom. The molecule has 0 saturated heterocycles. The summed E-state index contributed by atoms with van der Waals surface area (Å²) in [6.45, 7) is 5.59. The normalized spacial score (nSPS) is 10.3. The standard InChI is InChI=1S/C18H20ClN3O3S/c1-4-22(10-16-5-6-17(19)26-16)18(25)13-7-14(20-11(2)23)9-15(8-13)21-12(3)24/h5-9H,4,10H2,1-3H3,(H,20,23)(H,21,24). The zero-order chi connectivity index (χ0) is 19.3. The van der Waals surface area contributed by atoms with Gasteiger partial charge in [0.05, 0.1) is 10.9 Å². The Kier molecular flexibility index (Phi) is 6.76. The summed E-state index contributed by atoms with van der Waals surface area (Å²) in [6, 6.07) is 8.48. The van der Waals surface area contributed by atoms with Crippen LogP contribution in [0.25, 0.3) is 0 Å². The second-order valence-electron chi connectivity index (χ2n) is 5.69. The van der Waals surface area contributed by atoms with Crippen LogP contribution in [0, 0.1) is 0 Å². The topological polar surface area (TPSA) is 78.5 Å². The number of rotatable bonds is 6. The van der Waals surface area contributed by atoms with Gasteiger partial charge in [-0.3, -0.25) is 14.4 Å². The fourth-order valence-corrected chi connectivity index (χ4v) is 3.54. The Morgan fingerprint density at radius 1 is 1.04 bits per heavy atom. The molecule has 0 aliphatic heterocycles. The second-order valence-corrected chi connectivity index (χ2v) is 7.49. The van der Waals surface area contributed by atoms with Crippen molar-refractivity contribution in [2.45, 2.75) is 27.3 Å². The molecule has 2 aromatic rings. The molecule has 6 nitrogen and oxygen atoms in total. The quantitative estimate of drug-likeness (QED) is 0.779. The van der Waals surface area contributed by atoms with Crippen molar-refractivity contribution in [3.8, 4) is 0 Å². The first kappa shape index (κ1) is 19.9. The van der Waals surface area contributed by atoms with Crippen LogP contribution in [0.1, 0.15) is 36.0 Å². The SMILES string of the molecule is CCN(Cc1ccc(Cl)s1)C(=O)c1cc(NC(C)=O)cc(NC(C)=O)c1. The molecular formula is C18H20ClN3O3S. The van der Waals surface area contributed by atoms with E-state index in [2.05, 4.69) is 10.6 Å². The van der Waals surface area contributed by atoms with E-state index in [0.29, 0.717) is 34.4 Å². The summed E-state index contributed by atoms with van der Waals surface area (Å²) in [5.74, 6) is -0.719. The third-order valence-corrected chi connectivity index (χ3v) is 4.68. The van der Waals surface area contributed by atoms with Gasteiger partial charge < -0.3 is 15.5 Å². The predicted molar refractivity (Wildman–Crippen MR) is 105 cm³/mol. The molecule has 0 atom stereocenters. The molecule has 3 amide bonds. The van der Waals surface area contributed by atoms with Crippen LogP contribution in [0.5, 0.6) is 0 Å². The molecule has 0 fully saturated rings. The van der Waals surface area contributed by atoms with Crippen molar-refractivity contribution in [2.24, 2.45) is 0 Å². The van der Waals surface area contributed by atoms with E-state index in [1.807, 2.05) is 13.0 Å². The number of halogens is 1. The highest BCUT2D eigenvalue weighted by Gasteiger charge is 2.17. The Morgan fingerprint density at radius 3 is 2.04 bits per heavy atom. The number of nitrogens with one attached hydrogen (secondary N) is 2. The molecule has 0 unspecified atom stereocenters. The van der Waals surface area contributed by atoms with Crippen molar-refractivity contribution in [3.63, 3.8) is 0 Å². The van der Waals surface area contributed by atoms with E-state index in [0.717, 1.165) is 4.88 Å². The Hall–Kier alpha value is -2.38. The third kappa shape index (κ3) is 5.57. The number of benzene rings is 1. The Balaban J connectivity index is 2.31. The fraction of sp³-hybridized carbons (Fsp3) is 0.278. The maximum Gasteiger partial charge on any atom is 0.254 e. The van der Waals surface area contributed by atoms with E-state index in [-0.39, 0.29) is 17.7 Å². The number of hydrogen-bond acceptors (Lipinski definition) is 4. The van der Waals surface area contributed by atoms with Gasteiger partial charge in [0, 0.05) is 42.2 Å². The van der Waals surface area contributed by atoms with Crippen LogP contribution >= 0.6 is 22.9 Å². The fourth-order valence-electron chi connectivity index (χ4n) is 2.44. The first-order chi connectivity index (χ1) is 12.3. The first-order valence-electron chi connectivity index (χ1n) is 8.02. The lowest BCUT2D eigenvalue weighted by Crippen LogP contribution is -2.30. The highest BCUT2D eigenvalue weighted by Crippen LogP contribution is 2.25. The molecule has 8 heteroatoms. The largest absolute Gasteiger partial charge is 0.334 e. The van der Waals surface area contributed by atoms with Crippen molar-refractivity contribution < 1.29 is 14.4 Å². The van der Waals surface area contributed by atoms with Crippen molar-refractivity contribution in [1.82, 2.24) is 4.90 Å². The van der Waals surface area contributed by atoms with Gasteiger partial charge >= 0.3 is 0 Å². The number of anilines is 2. The predicted octanol–water partition coefficient (Wildman–Crippen LogP) is 3.98. The molecule has 1 aromatic carbocycles. The molecule has 1 heterocycles. The van der Waals surface area contributed by atoms with Crippen molar-refractivity contribution in [1.29, 1.82) is 0 Å². The van der Waals surface area contributed by atoms with Gasteiger partial charge in [-0.25, -0.2) is 0 Å². The maximum absolute atomic E-state index is 12.9. The molecular weight excluding hydrogens is 374 g/mol. The Bertz CT molecular complexity index is 801. The molecule has 26 heavy (non-hydrogen) atoms. The average Bonchev–Trinajstić information content (AvgIpc) is 2.95. The first-order valence-corrected chi connectivity index (χ1v) is 9.21. The maximum atomic E-state index is 12.9. The summed E-state index contributed by atoms with van der Waals surface area (Å²) < 4.78 is 0.670. The van der Waals surface area contributed by atoms with E-state index in [4.69, 9.17) is 11.6 Å². The van der Waals surface area contributed by atoms with Crippen LogP contribution in [-0.4, -0.2) is 29.2 Å². The molecule has 0 aliphatic carbocycles. The van der Waals surface area contributed by atoms with Gasteiger partial charge in [-0.1, -0.05) is 11.6 Å². The van der Waals surface area contributed by atoms with Crippen LogP contribution in [-0.2, 0) is 16.1 Å². The molecule has 2 rings (SSSR count). The zero-order valence-electron chi connectivity index (χ0n) is 14.8. The smallest absolute Gasteiger partial charge is 0.254 e.